The summed E-state index contributed by atoms with van der Waals surface area (Å²) in [5.41, 5.74) is 0.671. The Labute approximate surface area is 91.4 Å². The first-order chi connectivity index (χ1) is 7.72. The van der Waals surface area contributed by atoms with Gasteiger partial charge in [-0.1, -0.05) is 13.0 Å². The second-order valence-corrected chi connectivity index (χ2v) is 3.33. The smallest absolute Gasteiger partial charge is 0.298 e. The molecule has 2 aromatic rings. The van der Waals surface area contributed by atoms with Crippen LogP contribution in [-0.2, 0) is 0 Å². The number of hydrogen-bond donors (Lipinski definition) is 1. The van der Waals surface area contributed by atoms with Gasteiger partial charge in [-0.3, -0.25) is 10.1 Å². The van der Waals surface area contributed by atoms with Crippen LogP contribution in [0.25, 0.3) is 11.1 Å². The van der Waals surface area contributed by atoms with Crippen molar-refractivity contribution in [1.82, 2.24) is 4.98 Å². The Hall–Kier alpha value is -2.11. The van der Waals surface area contributed by atoms with E-state index in [1.807, 2.05) is 6.92 Å². The van der Waals surface area contributed by atoms with E-state index < -0.39 is 4.92 Å². The van der Waals surface area contributed by atoms with Crippen molar-refractivity contribution >= 4 is 22.8 Å². The monoisotopic (exact) mass is 221 g/mol. The fraction of sp³-hybridized carbons (Fsp3) is 0.300. The van der Waals surface area contributed by atoms with Crippen LogP contribution in [0.5, 0.6) is 0 Å². The number of nitro benzene ring substituents is 1. The highest BCUT2D eigenvalue weighted by molar-refractivity contribution is 5.83. The van der Waals surface area contributed by atoms with Crippen molar-refractivity contribution in [2.45, 2.75) is 13.3 Å². The summed E-state index contributed by atoms with van der Waals surface area (Å²) in [5, 5.41) is 13.7. The maximum absolute atomic E-state index is 10.7. The van der Waals surface area contributed by atoms with Gasteiger partial charge in [0.05, 0.1) is 4.92 Å². The lowest BCUT2D eigenvalue weighted by Gasteiger charge is -1.94. The number of nitrogens with one attached hydrogen (secondary N) is 1. The molecule has 84 valence electrons. The zero-order valence-corrected chi connectivity index (χ0v) is 8.77. The summed E-state index contributed by atoms with van der Waals surface area (Å²) in [6.07, 6.45) is 0.931. The van der Waals surface area contributed by atoms with Gasteiger partial charge in [-0.25, -0.2) is 0 Å². The highest BCUT2D eigenvalue weighted by atomic mass is 16.6. The van der Waals surface area contributed by atoms with Crippen LogP contribution in [0.1, 0.15) is 13.3 Å². The SMILES string of the molecule is CCCNc1nc2c([N+](=O)[O-])cccc2o1. The molecule has 0 atom stereocenters. The molecule has 0 unspecified atom stereocenters. The van der Waals surface area contributed by atoms with E-state index in [2.05, 4.69) is 10.3 Å². The predicted octanol–water partition coefficient (Wildman–Crippen LogP) is 2.56. The van der Waals surface area contributed by atoms with Crippen LogP contribution in [0.15, 0.2) is 22.6 Å². The van der Waals surface area contributed by atoms with E-state index in [0.29, 0.717) is 11.6 Å². The number of non-ortho nitro benzene ring substituents is 1. The van der Waals surface area contributed by atoms with Crippen LogP contribution < -0.4 is 5.32 Å². The minimum Gasteiger partial charge on any atom is -0.423 e. The highest BCUT2D eigenvalue weighted by Crippen LogP contribution is 2.27. The van der Waals surface area contributed by atoms with E-state index in [1.54, 1.807) is 12.1 Å². The second kappa shape index (κ2) is 4.18. The molecule has 0 aliphatic carbocycles. The van der Waals surface area contributed by atoms with Crippen LogP contribution in [0.3, 0.4) is 0 Å². The largest absolute Gasteiger partial charge is 0.423 e. The van der Waals surface area contributed by atoms with E-state index in [1.165, 1.54) is 6.07 Å². The normalized spacial score (nSPS) is 10.6. The molecular formula is C10H11N3O3. The standard InChI is InChI=1S/C10H11N3O3/c1-2-6-11-10-12-9-7(13(14)15)4-3-5-8(9)16-10/h3-5H,2,6H2,1H3,(H,11,12). The quantitative estimate of drug-likeness (QED) is 0.633. The van der Waals surface area contributed by atoms with Crippen molar-refractivity contribution in [1.29, 1.82) is 0 Å². The molecule has 0 saturated heterocycles. The van der Waals surface area contributed by atoms with E-state index >= 15 is 0 Å². The fourth-order valence-corrected chi connectivity index (χ4v) is 1.39. The first kappa shape index (κ1) is 10.4. The molecule has 0 aliphatic heterocycles. The van der Waals surface area contributed by atoms with E-state index in [9.17, 15) is 10.1 Å². The number of hydrogen-bond acceptors (Lipinski definition) is 5. The Morgan fingerprint density at radius 3 is 3.06 bits per heavy atom. The zero-order chi connectivity index (χ0) is 11.5. The first-order valence-electron chi connectivity index (χ1n) is 5.00. The zero-order valence-electron chi connectivity index (χ0n) is 8.77. The molecule has 1 aromatic heterocycles. The molecule has 16 heavy (non-hydrogen) atoms. The van der Waals surface area contributed by atoms with Gasteiger partial charge in [-0.2, -0.15) is 4.98 Å². The summed E-state index contributed by atoms with van der Waals surface area (Å²) in [6.45, 7) is 2.73. The number of nitrogens with zero attached hydrogens (tertiary/aromatic N) is 2. The Balaban J connectivity index is 2.44. The number of anilines is 1. The molecule has 1 heterocycles. The van der Waals surface area contributed by atoms with Crippen molar-refractivity contribution in [3.8, 4) is 0 Å². The molecule has 6 heteroatoms. The van der Waals surface area contributed by atoms with Gasteiger partial charge in [0.25, 0.3) is 11.7 Å². The lowest BCUT2D eigenvalue weighted by atomic mass is 10.3. The van der Waals surface area contributed by atoms with Gasteiger partial charge in [-0.15, -0.1) is 0 Å². The van der Waals surface area contributed by atoms with Gasteiger partial charge in [0.15, 0.2) is 11.1 Å². The van der Waals surface area contributed by atoms with E-state index in [0.717, 1.165) is 13.0 Å². The van der Waals surface area contributed by atoms with Crippen molar-refractivity contribution in [2.24, 2.45) is 0 Å². The summed E-state index contributed by atoms with van der Waals surface area (Å²) in [7, 11) is 0. The third-order valence-electron chi connectivity index (χ3n) is 2.12. The topological polar surface area (TPSA) is 81.2 Å². The second-order valence-electron chi connectivity index (χ2n) is 3.33. The summed E-state index contributed by atoms with van der Waals surface area (Å²) in [6, 6.07) is 4.97. The molecule has 2 rings (SSSR count). The van der Waals surface area contributed by atoms with Gasteiger partial charge in [-0.05, 0) is 12.5 Å². The van der Waals surface area contributed by atoms with Crippen LogP contribution in [0.2, 0.25) is 0 Å². The molecule has 0 bridgehead atoms. The van der Waals surface area contributed by atoms with Gasteiger partial charge in [0, 0.05) is 12.6 Å². The molecule has 0 amide bonds. The van der Waals surface area contributed by atoms with Crippen molar-refractivity contribution in [3.63, 3.8) is 0 Å². The molecule has 0 fully saturated rings. The minimum absolute atomic E-state index is 0.0363. The van der Waals surface area contributed by atoms with Crippen molar-refractivity contribution < 1.29 is 9.34 Å². The number of fused-ring (bicyclic) bond motifs is 1. The third kappa shape index (κ3) is 1.81. The van der Waals surface area contributed by atoms with Crippen molar-refractivity contribution in [2.75, 3.05) is 11.9 Å². The lowest BCUT2D eigenvalue weighted by Crippen LogP contribution is -1.99. The van der Waals surface area contributed by atoms with Gasteiger partial charge < -0.3 is 9.73 Å². The summed E-state index contributed by atoms with van der Waals surface area (Å²) >= 11 is 0. The Morgan fingerprint density at radius 2 is 2.38 bits per heavy atom. The average molecular weight is 221 g/mol. The molecule has 1 aromatic carbocycles. The minimum atomic E-state index is -0.464. The lowest BCUT2D eigenvalue weighted by molar-refractivity contribution is -0.383. The molecular weight excluding hydrogens is 210 g/mol. The highest BCUT2D eigenvalue weighted by Gasteiger charge is 2.16. The molecule has 1 N–H and O–H groups in total. The Morgan fingerprint density at radius 1 is 1.56 bits per heavy atom. The van der Waals surface area contributed by atoms with Crippen molar-refractivity contribution in [3.05, 3.63) is 28.3 Å². The summed E-state index contributed by atoms with van der Waals surface area (Å²) in [4.78, 5) is 14.3. The first-order valence-corrected chi connectivity index (χ1v) is 5.00. The maximum atomic E-state index is 10.7. The molecule has 0 radical (unpaired) electrons. The molecule has 0 aliphatic rings. The Bertz CT molecular complexity index is 521. The summed E-state index contributed by atoms with van der Waals surface area (Å²) in [5.74, 6) is 0. The van der Waals surface area contributed by atoms with Crippen LogP contribution >= 0.6 is 0 Å². The molecule has 6 nitrogen and oxygen atoms in total. The summed E-state index contributed by atoms with van der Waals surface area (Å²) < 4.78 is 5.33. The van der Waals surface area contributed by atoms with Crippen LogP contribution in [0, 0.1) is 10.1 Å². The number of oxazole rings is 1. The fourth-order valence-electron chi connectivity index (χ4n) is 1.39. The van der Waals surface area contributed by atoms with Crippen LogP contribution in [0.4, 0.5) is 11.7 Å². The molecule has 0 spiro atoms. The Kier molecular flexibility index (Phi) is 2.72. The molecule has 0 saturated carbocycles. The van der Waals surface area contributed by atoms with Crippen LogP contribution in [-0.4, -0.2) is 16.5 Å². The van der Waals surface area contributed by atoms with E-state index in [-0.39, 0.29) is 11.2 Å². The number of nitro groups is 1. The van der Waals surface area contributed by atoms with E-state index in [4.69, 9.17) is 4.42 Å². The number of para-hydroxylation sites is 1. The number of aromatic nitrogens is 1. The average Bonchev–Trinajstić information content (AvgIpc) is 2.68. The third-order valence-corrected chi connectivity index (χ3v) is 2.12. The number of rotatable bonds is 4. The number of benzene rings is 1. The van der Waals surface area contributed by atoms with Gasteiger partial charge >= 0.3 is 0 Å². The maximum Gasteiger partial charge on any atom is 0.298 e. The predicted molar refractivity (Wildman–Crippen MR) is 59.4 cm³/mol. The van der Waals surface area contributed by atoms with Gasteiger partial charge in [0.2, 0.25) is 0 Å². The van der Waals surface area contributed by atoms with Gasteiger partial charge in [0.1, 0.15) is 0 Å².